The normalized spacial score (nSPS) is 11.5. The molecular weight excluding hydrogens is 323 g/mol. The van der Waals surface area contributed by atoms with E-state index < -0.39 is 12.3 Å². The van der Waals surface area contributed by atoms with Crippen molar-refractivity contribution in [1.82, 2.24) is 9.97 Å². The number of ether oxygens (including phenoxy) is 1. The van der Waals surface area contributed by atoms with E-state index in [0.29, 0.717) is 22.0 Å². The van der Waals surface area contributed by atoms with Crippen LogP contribution in [-0.2, 0) is 0 Å². The SMILES string of the molecule is NC(=O)c1cnc2cncc(-c3cccc(OC(F)(F)F)c3)c2c1. The zero-order valence-electron chi connectivity index (χ0n) is 12.0. The molecule has 8 heteroatoms. The molecule has 2 N–H and O–H groups in total. The minimum atomic E-state index is -4.78. The van der Waals surface area contributed by atoms with Crippen LogP contribution < -0.4 is 10.5 Å². The van der Waals surface area contributed by atoms with Crippen molar-refractivity contribution < 1.29 is 22.7 Å². The van der Waals surface area contributed by atoms with Gasteiger partial charge >= 0.3 is 6.36 Å². The van der Waals surface area contributed by atoms with Crippen LogP contribution in [0.25, 0.3) is 22.0 Å². The third-order valence-corrected chi connectivity index (χ3v) is 3.27. The number of nitrogens with zero attached hydrogens (tertiary/aromatic N) is 2. The van der Waals surface area contributed by atoms with E-state index in [1.807, 2.05) is 0 Å². The van der Waals surface area contributed by atoms with Crippen LogP contribution in [0.15, 0.2) is 48.9 Å². The Balaban J connectivity index is 2.14. The molecule has 2 aromatic heterocycles. The van der Waals surface area contributed by atoms with Gasteiger partial charge in [0.05, 0.1) is 17.3 Å². The topological polar surface area (TPSA) is 78.1 Å². The predicted molar refractivity (Wildman–Crippen MR) is 80.2 cm³/mol. The van der Waals surface area contributed by atoms with Crippen molar-refractivity contribution in [3.05, 3.63) is 54.5 Å². The lowest BCUT2D eigenvalue weighted by atomic mass is 10.0. The second-order valence-corrected chi connectivity index (χ2v) is 4.92. The number of pyridine rings is 2. The van der Waals surface area contributed by atoms with Crippen LogP contribution in [0, 0.1) is 0 Å². The number of carbonyl (C=O) groups excluding carboxylic acids is 1. The minimum Gasteiger partial charge on any atom is -0.406 e. The number of primary amides is 1. The Labute approximate surface area is 133 Å². The van der Waals surface area contributed by atoms with Crippen LogP contribution in [0.2, 0.25) is 0 Å². The number of hydrogen-bond acceptors (Lipinski definition) is 4. The number of alkyl halides is 3. The first kappa shape index (κ1) is 15.7. The fraction of sp³-hybridized carbons (Fsp3) is 0.0625. The zero-order chi connectivity index (χ0) is 17.3. The molecule has 0 saturated heterocycles. The standard InChI is InChI=1S/C16H10F3N3O2/c17-16(18,19)24-11-3-1-2-9(4-11)13-7-21-8-14-12(13)5-10(6-22-14)15(20)23/h1-8H,(H2,20,23). The fourth-order valence-corrected chi connectivity index (χ4v) is 2.27. The van der Waals surface area contributed by atoms with Crippen LogP contribution in [0.1, 0.15) is 10.4 Å². The number of benzene rings is 1. The van der Waals surface area contributed by atoms with Crippen molar-refractivity contribution >= 4 is 16.8 Å². The third-order valence-electron chi connectivity index (χ3n) is 3.27. The summed E-state index contributed by atoms with van der Waals surface area (Å²) in [6, 6.07) is 7.00. The highest BCUT2D eigenvalue weighted by Gasteiger charge is 2.31. The lowest BCUT2D eigenvalue weighted by Gasteiger charge is -2.11. The Morgan fingerprint density at radius 1 is 1.12 bits per heavy atom. The van der Waals surface area contributed by atoms with Crippen LogP contribution in [0.4, 0.5) is 13.2 Å². The summed E-state index contributed by atoms with van der Waals surface area (Å²) in [4.78, 5) is 19.4. The maximum atomic E-state index is 12.4. The first-order valence-corrected chi connectivity index (χ1v) is 6.73. The number of nitrogens with two attached hydrogens (primary N) is 1. The van der Waals surface area contributed by atoms with E-state index in [0.717, 1.165) is 0 Å². The molecular formula is C16H10F3N3O2. The van der Waals surface area contributed by atoms with Gasteiger partial charge in [-0.25, -0.2) is 0 Å². The summed E-state index contributed by atoms with van der Waals surface area (Å²) in [5.74, 6) is -1.00. The molecule has 0 aliphatic carbocycles. The Hall–Kier alpha value is -3.16. The van der Waals surface area contributed by atoms with Crippen LogP contribution in [0.5, 0.6) is 5.75 Å². The van der Waals surface area contributed by atoms with Crippen molar-refractivity contribution in [2.75, 3.05) is 0 Å². The quantitative estimate of drug-likeness (QED) is 0.798. The van der Waals surface area contributed by atoms with Gasteiger partial charge in [0, 0.05) is 23.3 Å². The summed E-state index contributed by atoms with van der Waals surface area (Å²) >= 11 is 0. The minimum absolute atomic E-state index is 0.192. The summed E-state index contributed by atoms with van der Waals surface area (Å²) in [5.41, 5.74) is 6.88. The number of carbonyl (C=O) groups is 1. The van der Waals surface area contributed by atoms with Crippen LogP contribution in [-0.4, -0.2) is 22.2 Å². The monoisotopic (exact) mass is 333 g/mol. The highest BCUT2D eigenvalue weighted by Crippen LogP contribution is 2.31. The van der Waals surface area contributed by atoms with Gasteiger partial charge in [-0.1, -0.05) is 12.1 Å². The van der Waals surface area contributed by atoms with E-state index in [-0.39, 0.29) is 11.3 Å². The molecule has 2 heterocycles. The number of hydrogen-bond donors (Lipinski definition) is 1. The predicted octanol–water partition coefficient (Wildman–Crippen LogP) is 3.29. The highest BCUT2D eigenvalue weighted by atomic mass is 19.4. The van der Waals surface area contributed by atoms with Gasteiger partial charge in [-0.05, 0) is 23.8 Å². The summed E-state index contributed by atoms with van der Waals surface area (Å²) < 4.78 is 41.1. The average Bonchev–Trinajstić information content (AvgIpc) is 2.52. The summed E-state index contributed by atoms with van der Waals surface area (Å²) in [7, 11) is 0. The second kappa shape index (κ2) is 5.80. The van der Waals surface area contributed by atoms with Gasteiger partial charge in [-0.15, -0.1) is 13.2 Å². The van der Waals surface area contributed by atoms with Crippen molar-refractivity contribution in [2.24, 2.45) is 5.73 Å². The molecule has 0 bridgehead atoms. The highest BCUT2D eigenvalue weighted by molar-refractivity contribution is 6.00. The Morgan fingerprint density at radius 2 is 1.92 bits per heavy atom. The Morgan fingerprint density at radius 3 is 2.62 bits per heavy atom. The molecule has 0 unspecified atom stereocenters. The molecule has 0 spiro atoms. The molecule has 1 aromatic carbocycles. The lowest BCUT2D eigenvalue weighted by Crippen LogP contribution is -2.17. The maximum Gasteiger partial charge on any atom is 0.573 e. The van der Waals surface area contributed by atoms with E-state index in [1.165, 1.54) is 42.9 Å². The number of rotatable bonds is 3. The van der Waals surface area contributed by atoms with E-state index in [2.05, 4.69) is 14.7 Å². The van der Waals surface area contributed by atoms with E-state index in [9.17, 15) is 18.0 Å². The number of halogens is 3. The fourth-order valence-electron chi connectivity index (χ4n) is 2.27. The van der Waals surface area contributed by atoms with Gasteiger partial charge in [0.25, 0.3) is 0 Å². The summed E-state index contributed by atoms with van der Waals surface area (Å²) in [5, 5.41) is 0.547. The van der Waals surface area contributed by atoms with Crippen molar-refractivity contribution in [2.45, 2.75) is 6.36 Å². The third kappa shape index (κ3) is 3.27. The van der Waals surface area contributed by atoms with E-state index in [1.54, 1.807) is 6.07 Å². The molecule has 0 atom stereocenters. The lowest BCUT2D eigenvalue weighted by molar-refractivity contribution is -0.274. The molecule has 5 nitrogen and oxygen atoms in total. The summed E-state index contributed by atoms with van der Waals surface area (Å²) in [6.45, 7) is 0. The number of fused-ring (bicyclic) bond motifs is 1. The maximum absolute atomic E-state index is 12.4. The number of amides is 1. The molecule has 0 aliphatic rings. The molecule has 0 fully saturated rings. The zero-order valence-corrected chi connectivity index (χ0v) is 12.0. The van der Waals surface area contributed by atoms with Gasteiger partial charge in [0.15, 0.2) is 0 Å². The summed E-state index contributed by atoms with van der Waals surface area (Å²) in [6.07, 6.45) is -0.503. The van der Waals surface area contributed by atoms with E-state index >= 15 is 0 Å². The first-order valence-electron chi connectivity index (χ1n) is 6.73. The molecule has 0 saturated carbocycles. The largest absolute Gasteiger partial charge is 0.573 e. The number of aromatic nitrogens is 2. The van der Waals surface area contributed by atoms with E-state index in [4.69, 9.17) is 5.73 Å². The van der Waals surface area contributed by atoms with Gasteiger partial charge in [0.1, 0.15) is 5.75 Å². The molecule has 3 aromatic rings. The molecule has 0 radical (unpaired) electrons. The Bertz CT molecular complexity index is 926. The Kier molecular flexibility index (Phi) is 3.80. The van der Waals surface area contributed by atoms with Crippen molar-refractivity contribution in [1.29, 1.82) is 0 Å². The molecule has 24 heavy (non-hydrogen) atoms. The smallest absolute Gasteiger partial charge is 0.406 e. The first-order chi connectivity index (χ1) is 11.3. The van der Waals surface area contributed by atoms with Crippen LogP contribution in [0.3, 0.4) is 0 Å². The molecule has 3 rings (SSSR count). The molecule has 1 amide bonds. The van der Waals surface area contributed by atoms with Gasteiger partial charge < -0.3 is 10.5 Å². The molecule has 122 valence electrons. The van der Waals surface area contributed by atoms with Gasteiger partial charge in [-0.2, -0.15) is 0 Å². The molecule has 0 aliphatic heterocycles. The van der Waals surface area contributed by atoms with Gasteiger partial charge in [0.2, 0.25) is 5.91 Å². The van der Waals surface area contributed by atoms with Gasteiger partial charge in [-0.3, -0.25) is 14.8 Å². The van der Waals surface area contributed by atoms with Crippen molar-refractivity contribution in [3.8, 4) is 16.9 Å². The second-order valence-electron chi connectivity index (χ2n) is 4.92. The van der Waals surface area contributed by atoms with Crippen LogP contribution >= 0.6 is 0 Å². The van der Waals surface area contributed by atoms with Crippen molar-refractivity contribution in [3.63, 3.8) is 0 Å². The average molecular weight is 333 g/mol.